The van der Waals surface area contributed by atoms with E-state index in [2.05, 4.69) is 15.9 Å². The molecule has 3 N–H and O–H groups in total. The number of rotatable bonds is 4. The van der Waals surface area contributed by atoms with Gasteiger partial charge >= 0.3 is 5.97 Å². The molecule has 0 fully saturated rings. The van der Waals surface area contributed by atoms with Crippen molar-refractivity contribution in [3.8, 4) is 0 Å². The van der Waals surface area contributed by atoms with Crippen LogP contribution in [0.15, 0.2) is 22.7 Å². The van der Waals surface area contributed by atoms with Crippen LogP contribution in [0.3, 0.4) is 0 Å². The van der Waals surface area contributed by atoms with E-state index in [1.807, 2.05) is 6.07 Å². The van der Waals surface area contributed by atoms with Crippen LogP contribution in [0.25, 0.3) is 0 Å². The molecule has 3 nitrogen and oxygen atoms in total. The molecule has 0 bridgehead atoms. The van der Waals surface area contributed by atoms with Crippen LogP contribution in [0.4, 0.5) is 0 Å². The highest BCUT2D eigenvalue weighted by Crippen LogP contribution is 2.22. The molecule has 0 radical (unpaired) electrons. The summed E-state index contributed by atoms with van der Waals surface area (Å²) >= 11 is 3.34. The van der Waals surface area contributed by atoms with Crippen LogP contribution in [0, 0.1) is 0 Å². The fraction of sp³-hybridized carbons (Fsp3) is 0.300. The van der Waals surface area contributed by atoms with Gasteiger partial charge in [-0.15, -0.1) is 0 Å². The lowest BCUT2D eigenvalue weighted by atomic mass is 10.0. The van der Waals surface area contributed by atoms with Gasteiger partial charge in [0.2, 0.25) is 0 Å². The highest BCUT2D eigenvalue weighted by atomic mass is 79.9. The zero-order chi connectivity index (χ0) is 10.6. The molecule has 0 aliphatic heterocycles. The number of nitrogens with two attached hydrogens (primary N) is 1. The Morgan fingerprint density at radius 3 is 2.79 bits per heavy atom. The number of carboxylic acids is 1. The third kappa shape index (κ3) is 2.56. The summed E-state index contributed by atoms with van der Waals surface area (Å²) in [4.78, 5) is 10.9. The van der Waals surface area contributed by atoms with Crippen LogP contribution in [-0.4, -0.2) is 17.6 Å². The van der Waals surface area contributed by atoms with Gasteiger partial charge in [-0.3, -0.25) is 0 Å². The van der Waals surface area contributed by atoms with Crippen molar-refractivity contribution in [2.24, 2.45) is 5.73 Å². The quantitative estimate of drug-likeness (QED) is 0.868. The molecule has 0 heterocycles. The molecule has 0 saturated carbocycles. The molecule has 1 aromatic rings. The van der Waals surface area contributed by atoms with Crippen LogP contribution >= 0.6 is 15.9 Å². The number of benzene rings is 1. The Balaban J connectivity index is 3.02. The van der Waals surface area contributed by atoms with Crippen LogP contribution in [-0.2, 0) is 6.42 Å². The van der Waals surface area contributed by atoms with Gasteiger partial charge in [0.15, 0.2) is 0 Å². The summed E-state index contributed by atoms with van der Waals surface area (Å²) in [5.74, 6) is -0.890. The van der Waals surface area contributed by atoms with Crippen molar-refractivity contribution < 1.29 is 9.90 Å². The average molecular weight is 258 g/mol. The van der Waals surface area contributed by atoms with Crippen molar-refractivity contribution in [1.82, 2.24) is 0 Å². The van der Waals surface area contributed by atoms with Crippen molar-refractivity contribution >= 4 is 21.9 Å². The lowest BCUT2D eigenvalue weighted by Crippen LogP contribution is -2.06. The Hall–Kier alpha value is -0.870. The van der Waals surface area contributed by atoms with E-state index < -0.39 is 5.97 Å². The maximum absolute atomic E-state index is 10.9. The lowest BCUT2D eigenvalue weighted by molar-refractivity contribution is 0.0695. The van der Waals surface area contributed by atoms with E-state index in [0.717, 1.165) is 16.5 Å². The molecule has 76 valence electrons. The fourth-order valence-corrected chi connectivity index (χ4v) is 1.86. The number of carboxylic acid groups (broad SMARTS) is 1. The van der Waals surface area contributed by atoms with Gasteiger partial charge in [0.25, 0.3) is 0 Å². The van der Waals surface area contributed by atoms with Crippen LogP contribution < -0.4 is 5.73 Å². The number of hydrogen-bond donors (Lipinski definition) is 2. The summed E-state index contributed by atoms with van der Waals surface area (Å²) in [7, 11) is 0. The maximum atomic E-state index is 10.9. The number of aromatic carboxylic acids is 1. The molecule has 14 heavy (non-hydrogen) atoms. The second-order valence-corrected chi connectivity index (χ2v) is 3.82. The topological polar surface area (TPSA) is 63.3 Å². The first-order valence-electron chi connectivity index (χ1n) is 4.37. The van der Waals surface area contributed by atoms with Crippen molar-refractivity contribution in [2.45, 2.75) is 12.8 Å². The molecule has 0 saturated heterocycles. The zero-order valence-electron chi connectivity index (χ0n) is 7.66. The second-order valence-electron chi connectivity index (χ2n) is 2.96. The van der Waals surface area contributed by atoms with Crippen molar-refractivity contribution in [2.75, 3.05) is 6.54 Å². The monoisotopic (exact) mass is 257 g/mol. The molecule has 1 aromatic carbocycles. The molecule has 4 heteroatoms. The molecule has 0 atom stereocenters. The van der Waals surface area contributed by atoms with E-state index in [-0.39, 0.29) is 0 Å². The summed E-state index contributed by atoms with van der Waals surface area (Å²) in [6.07, 6.45) is 1.49. The van der Waals surface area contributed by atoms with Crippen LogP contribution in [0.5, 0.6) is 0 Å². The molecular formula is C10H12BrNO2. The molecule has 0 aromatic heterocycles. The Morgan fingerprint density at radius 1 is 1.50 bits per heavy atom. The maximum Gasteiger partial charge on any atom is 0.336 e. The second kappa shape index (κ2) is 5.12. The van der Waals surface area contributed by atoms with E-state index >= 15 is 0 Å². The van der Waals surface area contributed by atoms with Crippen LogP contribution in [0.1, 0.15) is 22.3 Å². The summed E-state index contributed by atoms with van der Waals surface area (Å²) in [6.45, 7) is 0.570. The summed E-state index contributed by atoms with van der Waals surface area (Å²) in [5, 5.41) is 8.94. The predicted octanol–water partition coefficient (Wildman–Crippen LogP) is 2.04. The van der Waals surface area contributed by atoms with Gasteiger partial charge in [-0.25, -0.2) is 4.79 Å². The Bertz CT molecular complexity index is 339. The SMILES string of the molecule is NCCCc1c(Br)cccc1C(=O)O. The van der Waals surface area contributed by atoms with Gasteiger partial charge in [0.1, 0.15) is 0 Å². The van der Waals surface area contributed by atoms with E-state index in [1.165, 1.54) is 0 Å². The molecule has 0 amide bonds. The molecule has 0 spiro atoms. The highest BCUT2D eigenvalue weighted by Gasteiger charge is 2.11. The third-order valence-electron chi connectivity index (χ3n) is 1.98. The van der Waals surface area contributed by atoms with E-state index in [4.69, 9.17) is 10.8 Å². The van der Waals surface area contributed by atoms with E-state index in [1.54, 1.807) is 12.1 Å². The molecular weight excluding hydrogens is 246 g/mol. The molecule has 0 unspecified atom stereocenters. The van der Waals surface area contributed by atoms with E-state index in [9.17, 15) is 4.79 Å². The number of halogens is 1. The molecule has 1 rings (SSSR count). The fourth-order valence-electron chi connectivity index (χ4n) is 1.29. The molecule has 0 aliphatic rings. The summed E-state index contributed by atoms with van der Waals surface area (Å²) < 4.78 is 0.839. The largest absolute Gasteiger partial charge is 0.478 e. The van der Waals surface area contributed by atoms with Crippen molar-refractivity contribution in [3.63, 3.8) is 0 Å². The summed E-state index contributed by atoms with van der Waals surface area (Å²) in [5.41, 5.74) is 6.57. The number of hydrogen-bond acceptors (Lipinski definition) is 2. The van der Waals surface area contributed by atoms with Crippen LogP contribution in [0.2, 0.25) is 0 Å². The van der Waals surface area contributed by atoms with Gasteiger partial charge in [-0.1, -0.05) is 22.0 Å². The zero-order valence-corrected chi connectivity index (χ0v) is 9.25. The van der Waals surface area contributed by atoms with Gasteiger partial charge in [0, 0.05) is 4.47 Å². The van der Waals surface area contributed by atoms with Gasteiger partial charge < -0.3 is 10.8 Å². The van der Waals surface area contributed by atoms with E-state index in [0.29, 0.717) is 18.5 Å². The summed E-state index contributed by atoms with van der Waals surface area (Å²) in [6, 6.07) is 5.18. The minimum atomic E-state index is -0.890. The Labute approximate surface area is 91.1 Å². The highest BCUT2D eigenvalue weighted by molar-refractivity contribution is 9.10. The first-order chi connectivity index (χ1) is 6.66. The first kappa shape index (κ1) is 11.2. The molecule has 0 aliphatic carbocycles. The van der Waals surface area contributed by atoms with Gasteiger partial charge in [0.05, 0.1) is 5.56 Å². The third-order valence-corrected chi connectivity index (χ3v) is 2.72. The van der Waals surface area contributed by atoms with Crippen molar-refractivity contribution in [3.05, 3.63) is 33.8 Å². The normalized spacial score (nSPS) is 10.1. The number of carbonyl (C=O) groups is 1. The first-order valence-corrected chi connectivity index (χ1v) is 5.17. The average Bonchev–Trinajstić information content (AvgIpc) is 2.15. The lowest BCUT2D eigenvalue weighted by Gasteiger charge is -2.07. The van der Waals surface area contributed by atoms with Gasteiger partial charge in [-0.2, -0.15) is 0 Å². The smallest absolute Gasteiger partial charge is 0.336 e. The van der Waals surface area contributed by atoms with Gasteiger partial charge in [-0.05, 0) is 37.1 Å². The predicted molar refractivity (Wildman–Crippen MR) is 58.5 cm³/mol. The Morgan fingerprint density at radius 2 is 2.21 bits per heavy atom. The minimum Gasteiger partial charge on any atom is -0.478 e. The van der Waals surface area contributed by atoms with Crippen molar-refractivity contribution in [1.29, 1.82) is 0 Å². The standard InChI is InChI=1S/C10H12BrNO2/c11-9-5-1-3-8(10(13)14)7(9)4-2-6-12/h1,3,5H,2,4,6,12H2,(H,13,14). The Kier molecular flexibility index (Phi) is 4.10. The minimum absolute atomic E-state index is 0.354.